The first-order valence-corrected chi connectivity index (χ1v) is 5.45. The number of carbonyl (C=O) groups excluding carboxylic acids is 1. The van der Waals surface area contributed by atoms with Gasteiger partial charge < -0.3 is 9.84 Å². The summed E-state index contributed by atoms with van der Waals surface area (Å²) in [6.45, 7) is 6.37. The Morgan fingerprint density at radius 3 is 2.63 bits per heavy atom. The van der Waals surface area contributed by atoms with Crippen LogP contribution in [0.3, 0.4) is 0 Å². The molecule has 1 N–H and O–H groups in total. The molecule has 0 atom stereocenters. The summed E-state index contributed by atoms with van der Waals surface area (Å²) in [5.74, 6) is -0.891. The number of phenols is 1. The van der Waals surface area contributed by atoms with E-state index in [1.165, 1.54) is 12.1 Å². The number of carbonyl (C=O) groups is 1. The molecule has 100 valence electrons. The second-order valence-electron chi connectivity index (χ2n) is 3.72. The standard InChI is InChI=1S/C13H16O5.Zn/c1-10(2)9-16-7-8-17-18-13(15)11-5-3-4-6-12(11)14;/h3-6,14H,1,7-9H2,2H3;. The van der Waals surface area contributed by atoms with Gasteiger partial charge in [-0.2, -0.15) is 4.89 Å². The third-order valence-electron chi connectivity index (χ3n) is 1.92. The molecule has 0 aliphatic rings. The fraction of sp³-hybridized carbons (Fsp3) is 0.308. The van der Waals surface area contributed by atoms with Crippen molar-refractivity contribution in [2.45, 2.75) is 6.92 Å². The van der Waals surface area contributed by atoms with Crippen LogP contribution >= 0.6 is 0 Å². The minimum absolute atomic E-state index is 0. The smallest absolute Gasteiger partial charge is 0.376 e. The van der Waals surface area contributed by atoms with Crippen molar-refractivity contribution in [3.05, 3.63) is 42.0 Å². The van der Waals surface area contributed by atoms with Gasteiger partial charge in [0.05, 0.1) is 13.2 Å². The zero-order valence-electron chi connectivity index (χ0n) is 10.9. The minimum Gasteiger partial charge on any atom is -0.507 e. The Morgan fingerprint density at radius 1 is 1.32 bits per heavy atom. The van der Waals surface area contributed by atoms with E-state index in [9.17, 15) is 9.90 Å². The fourth-order valence-electron chi connectivity index (χ4n) is 1.13. The van der Waals surface area contributed by atoms with Gasteiger partial charge >= 0.3 is 5.97 Å². The quantitative estimate of drug-likeness (QED) is 0.274. The van der Waals surface area contributed by atoms with Gasteiger partial charge in [-0.05, 0) is 19.1 Å². The van der Waals surface area contributed by atoms with Gasteiger partial charge in [0.25, 0.3) is 0 Å². The van der Waals surface area contributed by atoms with E-state index in [1.807, 2.05) is 6.92 Å². The number of benzene rings is 1. The largest absolute Gasteiger partial charge is 0.507 e. The molecule has 0 saturated heterocycles. The summed E-state index contributed by atoms with van der Waals surface area (Å²) in [7, 11) is 0. The van der Waals surface area contributed by atoms with E-state index in [-0.39, 0.29) is 37.4 Å². The van der Waals surface area contributed by atoms with Gasteiger partial charge in [-0.3, -0.25) is 4.89 Å². The number of hydrogen-bond donors (Lipinski definition) is 1. The number of ether oxygens (including phenoxy) is 1. The molecule has 0 fully saturated rings. The Balaban J connectivity index is 0.00000324. The Bertz CT molecular complexity index is 419. The van der Waals surface area contributed by atoms with Crippen LogP contribution in [-0.2, 0) is 34.0 Å². The van der Waals surface area contributed by atoms with Crippen molar-refractivity contribution in [2.75, 3.05) is 19.8 Å². The predicted octanol–water partition coefficient (Wildman–Crippen LogP) is 2.07. The fourth-order valence-corrected chi connectivity index (χ4v) is 1.13. The van der Waals surface area contributed by atoms with Crippen molar-refractivity contribution in [3.63, 3.8) is 0 Å². The van der Waals surface area contributed by atoms with E-state index in [0.717, 1.165) is 5.57 Å². The molecule has 6 heteroatoms. The summed E-state index contributed by atoms with van der Waals surface area (Å²) >= 11 is 0. The molecule has 0 saturated carbocycles. The Morgan fingerprint density at radius 2 is 2.00 bits per heavy atom. The number of rotatable bonds is 7. The molecule has 1 rings (SSSR count). The van der Waals surface area contributed by atoms with Crippen LogP contribution in [0.2, 0.25) is 0 Å². The Labute approximate surface area is 124 Å². The van der Waals surface area contributed by atoms with Crippen LogP contribution in [-0.4, -0.2) is 30.9 Å². The van der Waals surface area contributed by atoms with Gasteiger partial charge in [0.2, 0.25) is 0 Å². The molecule has 5 nitrogen and oxygen atoms in total. The van der Waals surface area contributed by atoms with Crippen LogP contribution in [0.15, 0.2) is 36.4 Å². The van der Waals surface area contributed by atoms with Crippen LogP contribution < -0.4 is 0 Å². The first kappa shape index (κ1) is 17.8. The molecule has 0 amide bonds. The Hall–Kier alpha value is -1.23. The van der Waals surface area contributed by atoms with E-state index in [1.54, 1.807) is 12.1 Å². The number of hydrogen-bond acceptors (Lipinski definition) is 5. The molecular weight excluding hydrogens is 302 g/mol. The van der Waals surface area contributed by atoms with Crippen molar-refractivity contribution in [1.82, 2.24) is 0 Å². The number of aromatic hydroxyl groups is 1. The molecule has 0 radical (unpaired) electrons. The van der Waals surface area contributed by atoms with Gasteiger partial charge in [0.1, 0.15) is 17.9 Å². The third-order valence-corrected chi connectivity index (χ3v) is 1.92. The molecule has 0 aliphatic carbocycles. The van der Waals surface area contributed by atoms with Crippen molar-refractivity contribution >= 4 is 5.97 Å². The maximum absolute atomic E-state index is 11.4. The molecule has 19 heavy (non-hydrogen) atoms. The first-order valence-electron chi connectivity index (χ1n) is 5.45. The zero-order valence-corrected chi connectivity index (χ0v) is 13.9. The zero-order chi connectivity index (χ0) is 13.4. The van der Waals surface area contributed by atoms with Crippen molar-refractivity contribution in [1.29, 1.82) is 0 Å². The normalized spacial score (nSPS) is 9.53. The summed E-state index contributed by atoms with van der Waals surface area (Å²) in [5.41, 5.74) is 0.960. The minimum atomic E-state index is -0.743. The van der Waals surface area contributed by atoms with E-state index >= 15 is 0 Å². The molecule has 0 spiro atoms. The molecular formula is C13H16O5Zn. The average Bonchev–Trinajstić information content (AvgIpc) is 2.33. The summed E-state index contributed by atoms with van der Waals surface area (Å²) in [5, 5.41) is 9.39. The van der Waals surface area contributed by atoms with Crippen LogP contribution in [0.1, 0.15) is 17.3 Å². The molecule has 0 heterocycles. The second kappa shape index (κ2) is 9.67. The maximum Gasteiger partial charge on any atom is 0.376 e. The molecule has 1 aromatic rings. The third kappa shape index (κ3) is 7.06. The molecule has 1 aromatic carbocycles. The first-order chi connectivity index (χ1) is 8.61. The van der Waals surface area contributed by atoms with E-state index < -0.39 is 5.97 Å². The van der Waals surface area contributed by atoms with E-state index in [0.29, 0.717) is 13.2 Å². The van der Waals surface area contributed by atoms with Gasteiger partial charge in [0, 0.05) is 19.5 Å². The Kier molecular flexibility index (Phi) is 9.05. The van der Waals surface area contributed by atoms with Crippen molar-refractivity contribution in [2.24, 2.45) is 0 Å². The molecule has 0 unspecified atom stereocenters. The summed E-state index contributed by atoms with van der Waals surface area (Å²) < 4.78 is 5.14. The van der Waals surface area contributed by atoms with E-state index in [2.05, 4.69) is 16.4 Å². The van der Waals surface area contributed by atoms with Gasteiger partial charge in [0.15, 0.2) is 0 Å². The van der Waals surface area contributed by atoms with Crippen LogP contribution in [0, 0.1) is 0 Å². The van der Waals surface area contributed by atoms with E-state index in [4.69, 9.17) is 4.74 Å². The topological polar surface area (TPSA) is 65.0 Å². The van der Waals surface area contributed by atoms with Crippen molar-refractivity contribution in [3.8, 4) is 5.75 Å². The molecule has 0 bridgehead atoms. The summed E-state index contributed by atoms with van der Waals surface area (Å²) in [6.07, 6.45) is 0. The van der Waals surface area contributed by atoms with Crippen LogP contribution in [0.25, 0.3) is 0 Å². The molecule has 0 aromatic heterocycles. The van der Waals surface area contributed by atoms with Gasteiger partial charge in [-0.1, -0.05) is 24.3 Å². The predicted molar refractivity (Wildman–Crippen MR) is 65.1 cm³/mol. The maximum atomic E-state index is 11.4. The van der Waals surface area contributed by atoms with Crippen LogP contribution in [0.4, 0.5) is 0 Å². The SMILES string of the molecule is C=C(C)COCCOOC(=O)c1ccccc1O.[Zn]. The summed E-state index contributed by atoms with van der Waals surface area (Å²) in [6, 6.07) is 6.07. The number of para-hydroxylation sites is 1. The molecule has 0 aliphatic heterocycles. The average molecular weight is 318 g/mol. The van der Waals surface area contributed by atoms with Crippen molar-refractivity contribution < 1.29 is 43.9 Å². The summed E-state index contributed by atoms with van der Waals surface area (Å²) in [4.78, 5) is 20.6. The monoisotopic (exact) mass is 316 g/mol. The van der Waals surface area contributed by atoms with Gasteiger partial charge in [-0.25, -0.2) is 4.79 Å². The van der Waals surface area contributed by atoms with Crippen LogP contribution in [0.5, 0.6) is 5.75 Å². The second-order valence-corrected chi connectivity index (χ2v) is 3.72. The number of phenolic OH excluding ortho intramolecular Hbond substituents is 1. The van der Waals surface area contributed by atoms with Gasteiger partial charge in [-0.15, -0.1) is 0 Å².